The molecule has 0 spiro atoms. The van der Waals surface area contributed by atoms with Crippen molar-refractivity contribution in [2.24, 2.45) is 5.92 Å². The van der Waals surface area contributed by atoms with E-state index < -0.39 is 0 Å². The van der Waals surface area contributed by atoms with E-state index in [0.29, 0.717) is 35.3 Å². The minimum atomic E-state index is -0.162. The predicted octanol–water partition coefficient (Wildman–Crippen LogP) is 4.56. The Labute approximate surface area is 188 Å². The standard InChI is InChI=1S/C24H31N3O3S/c1-3-30-18-11-9-17(10-12-18)25-23(29)22-19-7-4-8-20(19)31-24(22)26-21(28)15-27-13-5-6-16(2)14-27/h9-12,16H,3-8,13-15H2,1-2H3,(H,25,29)(H,26,28)/t16-/m0/s1. The van der Waals surface area contributed by atoms with Crippen molar-refractivity contribution in [2.75, 3.05) is 36.9 Å². The SMILES string of the molecule is CCOc1ccc(NC(=O)c2c(NC(=O)CN3CCC[C@H](C)C3)sc3c2CCC3)cc1. The van der Waals surface area contributed by atoms with Crippen LogP contribution in [0.4, 0.5) is 10.7 Å². The molecule has 2 N–H and O–H groups in total. The molecule has 7 heteroatoms. The van der Waals surface area contributed by atoms with Crippen molar-refractivity contribution in [3.05, 3.63) is 40.3 Å². The zero-order valence-electron chi connectivity index (χ0n) is 18.3. The number of piperidine rings is 1. The highest BCUT2D eigenvalue weighted by Gasteiger charge is 2.28. The fourth-order valence-electron chi connectivity index (χ4n) is 4.53. The van der Waals surface area contributed by atoms with Crippen molar-refractivity contribution in [3.8, 4) is 5.75 Å². The van der Waals surface area contributed by atoms with Gasteiger partial charge in [-0.3, -0.25) is 14.5 Å². The Morgan fingerprint density at radius 2 is 1.97 bits per heavy atom. The molecule has 0 saturated carbocycles. The first kappa shape index (κ1) is 21.8. The Hall–Kier alpha value is -2.38. The fourth-order valence-corrected chi connectivity index (χ4v) is 5.83. The Bertz CT molecular complexity index is 938. The second-order valence-electron chi connectivity index (χ2n) is 8.50. The number of amides is 2. The van der Waals surface area contributed by atoms with E-state index in [2.05, 4.69) is 22.5 Å². The summed E-state index contributed by atoms with van der Waals surface area (Å²) in [5.74, 6) is 1.20. The van der Waals surface area contributed by atoms with Gasteiger partial charge in [0.1, 0.15) is 10.8 Å². The number of carbonyl (C=O) groups is 2. The third-order valence-corrected chi connectivity index (χ3v) is 7.14. The summed E-state index contributed by atoms with van der Waals surface area (Å²) in [5.41, 5.74) is 2.44. The van der Waals surface area contributed by atoms with Crippen molar-refractivity contribution < 1.29 is 14.3 Å². The van der Waals surface area contributed by atoms with E-state index in [9.17, 15) is 9.59 Å². The number of likely N-dealkylation sites (tertiary alicyclic amines) is 1. The second-order valence-corrected chi connectivity index (χ2v) is 9.61. The number of aryl methyl sites for hydroxylation is 1. The molecule has 2 aromatic rings. The molecule has 0 unspecified atom stereocenters. The number of fused-ring (bicyclic) bond motifs is 1. The number of rotatable bonds is 7. The molecular weight excluding hydrogens is 410 g/mol. The van der Waals surface area contributed by atoms with Crippen LogP contribution in [-0.2, 0) is 17.6 Å². The molecule has 1 saturated heterocycles. The van der Waals surface area contributed by atoms with Gasteiger partial charge < -0.3 is 15.4 Å². The van der Waals surface area contributed by atoms with E-state index in [0.717, 1.165) is 50.1 Å². The molecule has 2 amide bonds. The molecule has 6 nitrogen and oxygen atoms in total. The summed E-state index contributed by atoms with van der Waals surface area (Å²) < 4.78 is 5.47. The molecule has 1 aromatic heterocycles. The third-order valence-electron chi connectivity index (χ3n) is 5.93. The van der Waals surface area contributed by atoms with Gasteiger partial charge in [0, 0.05) is 17.1 Å². The van der Waals surface area contributed by atoms with Crippen LogP contribution in [0.3, 0.4) is 0 Å². The minimum absolute atomic E-state index is 0.0378. The average molecular weight is 442 g/mol. The number of anilines is 2. The summed E-state index contributed by atoms with van der Waals surface area (Å²) in [6, 6.07) is 7.37. The first-order valence-electron chi connectivity index (χ1n) is 11.2. The molecule has 1 aliphatic carbocycles. The van der Waals surface area contributed by atoms with E-state index >= 15 is 0 Å². The zero-order valence-corrected chi connectivity index (χ0v) is 19.1. The Morgan fingerprint density at radius 3 is 2.71 bits per heavy atom. The number of thiophene rings is 1. The van der Waals surface area contributed by atoms with Crippen LogP contribution in [-0.4, -0.2) is 43.0 Å². The van der Waals surface area contributed by atoms with Gasteiger partial charge in [-0.05, 0) is 81.3 Å². The van der Waals surface area contributed by atoms with Gasteiger partial charge in [0.15, 0.2) is 0 Å². The number of benzene rings is 1. The molecule has 1 aliphatic heterocycles. The summed E-state index contributed by atoms with van der Waals surface area (Å²) in [5, 5.41) is 6.73. The molecule has 1 atom stereocenters. The van der Waals surface area contributed by atoms with Gasteiger partial charge in [0.25, 0.3) is 5.91 Å². The van der Waals surface area contributed by atoms with Crippen LogP contribution < -0.4 is 15.4 Å². The Morgan fingerprint density at radius 1 is 1.16 bits per heavy atom. The Kier molecular flexibility index (Phi) is 6.92. The van der Waals surface area contributed by atoms with Gasteiger partial charge in [-0.15, -0.1) is 11.3 Å². The molecule has 166 valence electrons. The van der Waals surface area contributed by atoms with E-state index in [1.165, 1.54) is 11.3 Å². The number of nitrogens with zero attached hydrogens (tertiary/aromatic N) is 1. The van der Waals surface area contributed by atoms with Gasteiger partial charge in [0.05, 0.1) is 18.7 Å². The van der Waals surface area contributed by atoms with Gasteiger partial charge in [0.2, 0.25) is 5.91 Å². The average Bonchev–Trinajstić information content (AvgIpc) is 3.30. The van der Waals surface area contributed by atoms with Crippen LogP contribution in [0, 0.1) is 5.92 Å². The van der Waals surface area contributed by atoms with Crippen LogP contribution in [0.15, 0.2) is 24.3 Å². The molecule has 2 heterocycles. The van der Waals surface area contributed by atoms with Gasteiger partial charge in [-0.1, -0.05) is 6.92 Å². The van der Waals surface area contributed by atoms with Crippen molar-refractivity contribution in [1.82, 2.24) is 4.90 Å². The monoisotopic (exact) mass is 441 g/mol. The summed E-state index contributed by atoms with van der Waals surface area (Å²) >= 11 is 1.56. The normalized spacial score (nSPS) is 18.5. The Balaban J connectivity index is 1.47. The van der Waals surface area contributed by atoms with Crippen LogP contribution in [0.1, 0.15) is 53.9 Å². The second kappa shape index (κ2) is 9.83. The molecule has 0 radical (unpaired) electrons. The van der Waals surface area contributed by atoms with E-state index in [1.54, 1.807) is 11.3 Å². The number of ether oxygens (including phenoxy) is 1. The third kappa shape index (κ3) is 5.28. The van der Waals surface area contributed by atoms with Crippen LogP contribution in [0.25, 0.3) is 0 Å². The first-order chi connectivity index (χ1) is 15.0. The van der Waals surface area contributed by atoms with Crippen molar-refractivity contribution in [1.29, 1.82) is 0 Å². The lowest BCUT2D eigenvalue weighted by molar-refractivity contribution is -0.117. The quantitative estimate of drug-likeness (QED) is 0.661. The van der Waals surface area contributed by atoms with Gasteiger partial charge >= 0.3 is 0 Å². The summed E-state index contributed by atoms with van der Waals surface area (Å²) in [6.45, 7) is 7.08. The minimum Gasteiger partial charge on any atom is -0.494 e. The molecule has 31 heavy (non-hydrogen) atoms. The highest BCUT2D eigenvalue weighted by molar-refractivity contribution is 7.17. The van der Waals surface area contributed by atoms with Gasteiger partial charge in [-0.25, -0.2) is 0 Å². The first-order valence-corrected chi connectivity index (χ1v) is 12.1. The van der Waals surface area contributed by atoms with E-state index in [4.69, 9.17) is 4.74 Å². The number of carbonyl (C=O) groups excluding carboxylic acids is 2. The van der Waals surface area contributed by atoms with E-state index in [1.807, 2.05) is 31.2 Å². The van der Waals surface area contributed by atoms with Crippen LogP contribution in [0.2, 0.25) is 0 Å². The molecule has 4 rings (SSSR count). The predicted molar refractivity (Wildman–Crippen MR) is 125 cm³/mol. The van der Waals surface area contributed by atoms with Crippen molar-refractivity contribution in [2.45, 2.75) is 46.0 Å². The van der Waals surface area contributed by atoms with Crippen molar-refractivity contribution in [3.63, 3.8) is 0 Å². The lowest BCUT2D eigenvalue weighted by atomic mass is 10.0. The maximum Gasteiger partial charge on any atom is 0.258 e. The maximum atomic E-state index is 13.2. The highest BCUT2D eigenvalue weighted by Crippen LogP contribution is 2.39. The lowest BCUT2D eigenvalue weighted by Gasteiger charge is -2.30. The molecule has 0 bridgehead atoms. The number of nitrogens with one attached hydrogen (secondary N) is 2. The molecule has 2 aliphatic rings. The van der Waals surface area contributed by atoms with Crippen LogP contribution in [0.5, 0.6) is 5.75 Å². The molecule has 1 aromatic carbocycles. The summed E-state index contributed by atoms with van der Waals surface area (Å²) in [6.07, 6.45) is 5.29. The topological polar surface area (TPSA) is 70.7 Å². The highest BCUT2D eigenvalue weighted by atomic mass is 32.1. The van der Waals surface area contributed by atoms with E-state index in [-0.39, 0.29) is 11.8 Å². The summed E-state index contributed by atoms with van der Waals surface area (Å²) in [4.78, 5) is 29.4. The van der Waals surface area contributed by atoms with Crippen molar-refractivity contribution >= 4 is 33.8 Å². The molecule has 1 fully saturated rings. The number of hydrogen-bond acceptors (Lipinski definition) is 5. The zero-order chi connectivity index (χ0) is 21.8. The fraction of sp³-hybridized carbons (Fsp3) is 0.500. The maximum absolute atomic E-state index is 13.2. The largest absolute Gasteiger partial charge is 0.494 e. The van der Waals surface area contributed by atoms with Crippen LogP contribution >= 0.6 is 11.3 Å². The molecular formula is C24H31N3O3S. The van der Waals surface area contributed by atoms with Gasteiger partial charge in [-0.2, -0.15) is 0 Å². The number of hydrogen-bond donors (Lipinski definition) is 2. The smallest absolute Gasteiger partial charge is 0.258 e. The lowest BCUT2D eigenvalue weighted by Crippen LogP contribution is -2.39. The summed E-state index contributed by atoms with van der Waals surface area (Å²) in [7, 11) is 0.